The number of aliphatic hydroxyl groups is 1. The van der Waals surface area contributed by atoms with Gasteiger partial charge in [0.25, 0.3) is 0 Å². The average Bonchev–Trinajstić information content (AvgIpc) is 3.23. The number of benzene rings is 2. The van der Waals surface area contributed by atoms with Crippen LogP contribution in [0.5, 0.6) is 11.5 Å². The summed E-state index contributed by atoms with van der Waals surface area (Å²) in [6.07, 6.45) is -2.65. The quantitative estimate of drug-likeness (QED) is 0.533. The molecule has 2 aliphatic heterocycles. The van der Waals surface area contributed by atoms with E-state index in [1.54, 1.807) is 6.92 Å². The minimum absolute atomic E-state index is 0.128. The van der Waals surface area contributed by atoms with Crippen molar-refractivity contribution in [1.29, 1.82) is 0 Å². The molecule has 2 aliphatic rings. The molecule has 10 heteroatoms. The number of hydrogen-bond acceptors (Lipinski definition) is 7. The monoisotopic (exact) mass is 535 g/mol. The van der Waals surface area contributed by atoms with Crippen molar-refractivity contribution in [1.82, 2.24) is 9.80 Å². The minimum Gasteiger partial charge on any atom is -0.490 e. The van der Waals surface area contributed by atoms with Gasteiger partial charge < -0.3 is 24.4 Å². The highest BCUT2D eigenvalue weighted by molar-refractivity contribution is 8.17. The summed E-state index contributed by atoms with van der Waals surface area (Å²) in [5.41, 5.74) is 1.50. The van der Waals surface area contributed by atoms with Crippen LogP contribution in [0.4, 0.5) is 13.2 Å². The predicted octanol–water partition coefficient (Wildman–Crippen LogP) is 5.09. The summed E-state index contributed by atoms with van der Waals surface area (Å²) in [6, 6.07) is 9.27. The first-order valence-corrected chi connectivity index (χ1v) is 13.1. The molecule has 0 aromatic heterocycles. The summed E-state index contributed by atoms with van der Waals surface area (Å²) < 4.78 is 50.6. The van der Waals surface area contributed by atoms with Crippen LogP contribution in [0.25, 0.3) is 0 Å². The van der Waals surface area contributed by atoms with Crippen molar-refractivity contribution < 1.29 is 27.8 Å². The van der Waals surface area contributed by atoms with Crippen LogP contribution in [0.1, 0.15) is 29.2 Å². The fraction of sp³-hybridized carbons (Fsp3) is 0.444. The molecule has 0 bridgehead atoms. The van der Waals surface area contributed by atoms with Gasteiger partial charge in [-0.05, 0) is 68.3 Å². The van der Waals surface area contributed by atoms with Crippen LogP contribution in [0.2, 0.25) is 0 Å². The van der Waals surface area contributed by atoms with E-state index >= 15 is 0 Å². The molecule has 200 valence electrons. The lowest BCUT2D eigenvalue weighted by Gasteiger charge is -2.33. The third kappa shape index (κ3) is 7.00. The summed E-state index contributed by atoms with van der Waals surface area (Å²) in [6.45, 7) is 7.83. The third-order valence-corrected chi connectivity index (χ3v) is 7.53. The Morgan fingerprint density at radius 3 is 2.51 bits per heavy atom. The van der Waals surface area contributed by atoms with E-state index in [1.165, 1.54) is 17.8 Å². The molecular weight excluding hydrogens is 503 g/mol. The first-order valence-electron chi connectivity index (χ1n) is 12.3. The highest BCUT2D eigenvalue weighted by Gasteiger charge is 2.31. The second-order valence-electron chi connectivity index (χ2n) is 9.13. The molecule has 2 aromatic carbocycles. The number of amidine groups is 1. The molecule has 2 aromatic rings. The van der Waals surface area contributed by atoms with Crippen molar-refractivity contribution >= 4 is 16.9 Å². The van der Waals surface area contributed by atoms with E-state index in [1.807, 2.05) is 31.2 Å². The van der Waals surface area contributed by atoms with Gasteiger partial charge in [-0.2, -0.15) is 13.2 Å². The van der Waals surface area contributed by atoms with Crippen molar-refractivity contribution in [3.8, 4) is 11.5 Å². The van der Waals surface area contributed by atoms with Crippen LogP contribution in [0.15, 0.2) is 52.4 Å². The molecule has 2 heterocycles. The fourth-order valence-corrected chi connectivity index (χ4v) is 5.12. The number of piperazine rings is 1. The smallest absolute Gasteiger partial charge is 0.416 e. The molecule has 0 aliphatic carbocycles. The van der Waals surface area contributed by atoms with Crippen molar-refractivity contribution in [2.45, 2.75) is 39.3 Å². The van der Waals surface area contributed by atoms with Crippen LogP contribution < -0.4 is 9.47 Å². The number of hydrogen-bond donors (Lipinski definition) is 1. The SMILES string of the molecule is CCOc1cc(CC=C2SC(N3CCN(C)CC3)=NC2O)ccc1OCc1ccc(C(F)(F)F)cc1C. The molecule has 1 saturated heterocycles. The van der Waals surface area contributed by atoms with Crippen molar-refractivity contribution in [3.05, 3.63) is 69.6 Å². The van der Waals surface area contributed by atoms with Gasteiger partial charge in [-0.25, -0.2) is 4.99 Å². The Bertz CT molecular complexity index is 1160. The number of halogens is 3. The van der Waals surface area contributed by atoms with Gasteiger partial charge in [-0.3, -0.25) is 0 Å². The van der Waals surface area contributed by atoms with E-state index in [0.29, 0.717) is 35.7 Å². The number of aryl methyl sites for hydroxylation is 1. The Kier molecular flexibility index (Phi) is 8.71. The van der Waals surface area contributed by atoms with E-state index in [9.17, 15) is 18.3 Å². The van der Waals surface area contributed by atoms with Crippen molar-refractivity contribution in [2.24, 2.45) is 4.99 Å². The maximum Gasteiger partial charge on any atom is 0.416 e. The van der Waals surface area contributed by atoms with Gasteiger partial charge >= 0.3 is 6.18 Å². The lowest BCUT2D eigenvalue weighted by Crippen LogP contribution is -2.46. The second-order valence-corrected chi connectivity index (χ2v) is 10.2. The van der Waals surface area contributed by atoms with E-state index in [0.717, 1.165) is 53.9 Å². The molecule has 1 fully saturated rings. The van der Waals surface area contributed by atoms with Crippen LogP contribution in [0.3, 0.4) is 0 Å². The Balaban J connectivity index is 1.39. The fourth-order valence-electron chi connectivity index (χ4n) is 4.12. The summed E-state index contributed by atoms with van der Waals surface area (Å²) in [5, 5.41) is 11.3. The first-order chi connectivity index (χ1) is 17.6. The van der Waals surface area contributed by atoms with Gasteiger partial charge in [-0.15, -0.1) is 0 Å². The largest absolute Gasteiger partial charge is 0.490 e. The number of nitrogens with zero attached hydrogens (tertiary/aromatic N) is 3. The summed E-state index contributed by atoms with van der Waals surface area (Å²) in [7, 11) is 2.10. The number of rotatable bonds is 7. The summed E-state index contributed by atoms with van der Waals surface area (Å²) >= 11 is 1.52. The van der Waals surface area contributed by atoms with E-state index in [4.69, 9.17) is 9.47 Å². The third-order valence-electron chi connectivity index (χ3n) is 6.37. The van der Waals surface area contributed by atoms with Gasteiger partial charge in [0.15, 0.2) is 22.9 Å². The topological polar surface area (TPSA) is 57.5 Å². The maximum atomic E-state index is 12.9. The molecule has 0 radical (unpaired) electrons. The molecule has 4 rings (SSSR count). The zero-order valence-corrected chi connectivity index (χ0v) is 22.0. The number of aliphatic imine (C=N–C) groups is 1. The predicted molar refractivity (Wildman–Crippen MR) is 140 cm³/mol. The Morgan fingerprint density at radius 2 is 1.84 bits per heavy atom. The first kappa shape index (κ1) is 27.3. The molecular formula is C27H32F3N3O3S. The Labute approximate surface area is 219 Å². The maximum absolute atomic E-state index is 12.9. The second kappa shape index (κ2) is 11.8. The summed E-state index contributed by atoms with van der Waals surface area (Å²) in [4.78, 5) is 9.74. The number of likely N-dealkylation sites (N-methyl/N-ethyl adjacent to an activating group) is 1. The van der Waals surface area contributed by atoms with Crippen LogP contribution >= 0.6 is 11.8 Å². The van der Waals surface area contributed by atoms with Crippen LogP contribution in [-0.2, 0) is 19.2 Å². The van der Waals surface area contributed by atoms with Gasteiger partial charge in [0.2, 0.25) is 0 Å². The Hall–Kier alpha value is -2.69. The van der Waals surface area contributed by atoms with Gasteiger partial charge in [0.1, 0.15) is 6.61 Å². The average molecular weight is 536 g/mol. The lowest BCUT2D eigenvalue weighted by molar-refractivity contribution is -0.137. The molecule has 1 N–H and O–H groups in total. The van der Waals surface area contributed by atoms with Gasteiger partial charge in [0.05, 0.1) is 12.2 Å². The number of ether oxygens (including phenoxy) is 2. The van der Waals surface area contributed by atoms with Crippen molar-refractivity contribution in [2.75, 3.05) is 39.8 Å². The van der Waals surface area contributed by atoms with Crippen LogP contribution in [0, 0.1) is 6.92 Å². The summed E-state index contributed by atoms with van der Waals surface area (Å²) in [5.74, 6) is 1.09. The zero-order chi connectivity index (χ0) is 26.6. The van der Waals surface area contributed by atoms with Gasteiger partial charge in [0, 0.05) is 31.1 Å². The Morgan fingerprint density at radius 1 is 1.08 bits per heavy atom. The van der Waals surface area contributed by atoms with Gasteiger partial charge in [-0.1, -0.05) is 30.0 Å². The van der Waals surface area contributed by atoms with E-state index in [-0.39, 0.29) is 6.61 Å². The highest BCUT2D eigenvalue weighted by atomic mass is 32.2. The standard InChI is InChI=1S/C27H32F3N3O3S/c1-4-35-23-16-19(6-10-24-25(34)31-26(37-24)33-13-11-32(3)12-14-33)5-9-22(23)36-17-20-7-8-21(15-18(20)2)27(28,29)30/h5,7-10,15-16,25,34H,4,6,11-14,17H2,1-3H3. The number of allylic oxidation sites excluding steroid dienone is 1. The normalized spacial score (nSPS) is 19.9. The van der Waals surface area contributed by atoms with Crippen molar-refractivity contribution in [3.63, 3.8) is 0 Å². The number of aliphatic hydroxyl groups excluding tert-OH is 1. The molecule has 0 saturated carbocycles. The van der Waals surface area contributed by atoms with E-state index < -0.39 is 18.0 Å². The molecule has 0 amide bonds. The number of thioether (sulfide) groups is 1. The molecule has 1 atom stereocenters. The number of alkyl halides is 3. The highest BCUT2D eigenvalue weighted by Crippen LogP contribution is 2.34. The minimum atomic E-state index is -4.37. The molecule has 6 nitrogen and oxygen atoms in total. The molecule has 0 spiro atoms. The molecule has 1 unspecified atom stereocenters. The van der Waals surface area contributed by atoms with E-state index in [2.05, 4.69) is 21.8 Å². The zero-order valence-electron chi connectivity index (χ0n) is 21.2. The van der Waals surface area contributed by atoms with Crippen LogP contribution in [-0.4, -0.2) is 66.1 Å². The lowest BCUT2D eigenvalue weighted by atomic mass is 10.1. The molecule has 37 heavy (non-hydrogen) atoms.